The minimum Gasteiger partial charge on any atom is -0.396 e. The summed E-state index contributed by atoms with van der Waals surface area (Å²) in [6, 6.07) is 0. The number of nitrogen functional groups attached to an aromatic ring is 1. The molecule has 0 saturated carbocycles. The van der Waals surface area contributed by atoms with E-state index >= 15 is 0 Å². The summed E-state index contributed by atoms with van der Waals surface area (Å²) in [5, 5.41) is 11.9. The minimum absolute atomic E-state index is 0.0198. The van der Waals surface area contributed by atoms with Gasteiger partial charge in [0.25, 0.3) is 0 Å². The molecule has 1 rings (SSSR count). The normalized spacial score (nSPS) is 14.5. The first kappa shape index (κ1) is 12.6. The second-order valence-electron chi connectivity index (χ2n) is 3.94. The van der Waals surface area contributed by atoms with Gasteiger partial charge in [-0.05, 0) is 19.8 Å². The van der Waals surface area contributed by atoms with Gasteiger partial charge < -0.3 is 16.2 Å². The molecule has 1 atom stereocenters. The SMILES string of the molecule is CCC(C)(CCO)Nc1nc(N)ncc1F. The maximum Gasteiger partial charge on any atom is 0.222 e. The van der Waals surface area contributed by atoms with Crippen molar-refractivity contribution in [2.24, 2.45) is 0 Å². The molecule has 0 aliphatic rings. The van der Waals surface area contributed by atoms with Crippen molar-refractivity contribution < 1.29 is 9.50 Å². The Bertz CT molecular complexity index is 361. The molecule has 0 amide bonds. The highest BCUT2D eigenvalue weighted by molar-refractivity contribution is 5.41. The fourth-order valence-electron chi connectivity index (χ4n) is 1.33. The zero-order valence-electron chi connectivity index (χ0n) is 9.50. The molecule has 5 nitrogen and oxygen atoms in total. The summed E-state index contributed by atoms with van der Waals surface area (Å²) >= 11 is 0. The Hall–Kier alpha value is -1.43. The van der Waals surface area contributed by atoms with Crippen LogP contribution in [0.2, 0.25) is 0 Å². The van der Waals surface area contributed by atoms with E-state index in [0.29, 0.717) is 6.42 Å². The fourth-order valence-corrected chi connectivity index (χ4v) is 1.33. The van der Waals surface area contributed by atoms with Crippen LogP contribution in [-0.4, -0.2) is 27.2 Å². The van der Waals surface area contributed by atoms with Crippen LogP contribution in [0, 0.1) is 5.82 Å². The number of nitrogens with two attached hydrogens (primary N) is 1. The first-order valence-electron chi connectivity index (χ1n) is 5.18. The molecule has 6 heteroatoms. The van der Waals surface area contributed by atoms with Gasteiger partial charge >= 0.3 is 0 Å². The molecule has 0 aliphatic heterocycles. The zero-order valence-corrected chi connectivity index (χ0v) is 9.50. The molecule has 0 aliphatic carbocycles. The summed E-state index contributed by atoms with van der Waals surface area (Å²) in [6.07, 6.45) is 2.27. The molecule has 0 bridgehead atoms. The molecule has 0 fully saturated rings. The number of aliphatic hydroxyl groups excluding tert-OH is 1. The number of hydrogen-bond acceptors (Lipinski definition) is 5. The van der Waals surface area contributed by atoms with Crippen LogP contribution in [0.4, 0.5) is 16.2 Å². The van der Waals surface area contributed by atoms with Crippen molar-refractivity contribution in [3.63, 3.8) is 0 Å². The second kappa shape index (κ2) is 5.07. The minimum atomic E-state index is -0.549. The van der Waals surface area contributed by atoms with E-state index in [-0.39, 0.29) is 18.4 Å². The lowest BCUT2D eigenvalue weighted by molar-refractivity contribution is 0.251. The van der Waals surface area contributed by atoms with Crippen LogP contribution >= 0.6 is 0 Å². The van der Waals surface area contributed by atoms with Crippen molar-refractivity contribution in [1.29, 1.82) is 0 Å². The first-order chi connectivity index (χ1) is 7.50. The van der Waals surface area contributed by atoms with Crippen molar-refractivity contribution in [3.8, 4) is 0 Å². The van der Waals surface area contributed by atoms with E-state index in [4.69, 9.17) is 10.8 Å². The van der Waals surface area contributed by atoms with E-state index in [2.05, 4.69) is 15.3 Å². The number of nitrogens with one attached hydrogen (secondary N) is 1. The molecule has 4 N–H and O–H groups in total. The van der Waals surface area contributed by atoms with Crippen molar-refractivity contribution >= 4 is 11.8 Å². The summed E-state index contributed by atoms with van der Waals surface area (Å²) < 4.78 is 13.4. The average Bonchev–Trinajstić information content (AvgIpc) is 2.24. The summed E-state index contributed by atoms with van der Waals surface area (Å²) in [5.74, 6) is -0.455. The molecule has 0 spiro atoms. The van der Waals surface area contributed by atoms with Gasteiger partial charge in [-0.1, -0.05) is 6.92 Å². The van der Waals surface area contributed by atoms with Gasteiger partial charge in [0.2, 0.25) is 5.95 Å². The van der Waals surface area contributed by atoms with Gasteiger partial charge in [0.15, 0.2) is 11.6 Å². The van der Waals surface area contributed by atoms with Crippen LogP contribution in [-0.2, 0) is 0 Å². The zero-order chi connectivity index (χ0) is 12.2. The van der Waals surface area contributed by atoms with Gasteiger partial charge in [-0.3, -0.25) is 0 Å². The molecule has 1 unspecified atom stereocenters. The van der Waals surface area contributed by atoms with Gasteiger partial charge in [0, 0.05) is 12.1 Å². The molecular weight excluding hydrogens is 211 g/mol. The first-order valence-corrected chi connectivity index (χ1v) is 5.18. The van der Waals surface area contributed by atoms with Gasteiger partial charge in [0.1, 0.15) is 0 Å². The van der Waals surface area contributed by atoms with Crippen LogP contribution < -0.4 is 11.1 Å². The lowest BCUT2D eigenvalue weighted by Gasteiger charge is -2.29. The lowest BCUT2D eigenvalue weighted by Crippen LogP contribution is -2.36. The average molecular weight is 228 g/mol. The standard InChI is InChI=1S/C10H17FN4O/c1-3-10(2,4-5-16)15-8-7(11)6-13-9(12)14-8/h6,16H,3-5H2,1-2H3,(H3,12,13,14,15). The quantitative estimate of drug-likeness (QED) is 0.704. The molecular formula is C10H17FN4O. The van der Waals surface area contributed by atoms with Crippen molar-refractivity contribution in [1.82, 2.24) is 9.97 Å². The van der Waals surface area contributed by atoms with Crippen molar-refractivity contribution in [2.45, 2.75) is 32.2 Å². The van der Waals surface area contributed by atoms with E-state index in [0.717, 1.165) is 12.6 Å². The van der Waals surface area contributed by atoms with E-state index in [9.17, 15) is 4.39 Å². The fraction of sp³-hybridized carbons (Fsp3) is 0.600. The number of anilines is 2. The van der Waals surface area contributed by atoms with E-state index in [1.807, 2.05) is 13.8 Å². The Labute approximate surface area is 93.9 Å². The van der Waals surface area contributed by atoms with Gasteiger partial charge in [-0.25, -0.2) is 9.37 Å². The third kappa shape index (κ3) is 3.03. The third-order valence-corrected chi connectivity index (χ3v) is 2.63. The highest BCUT2D eigenvalue weighted by atomic mass is 19.1. The Morgan fingerprint density at radius 1 is 1.62 bits per heavy atom. The second-order valence-corrected chi connectivity index (χ2v) is 3.94. The van der Waals surface area contributed by atoms with Crippen molar-refractivity contribution in [2.75, 3.05) is 17.7 Å². The molecule has 1 heterocycles. The highest BCUT2D eigenvalue weighted by Crippen LogP contribution is 2.22. The molecule has 1 aromatic heterocycles. The molecule has 90 valence electrons. The highest BCUT2D eigenvalue weighted by Gasteiger charge is 2.23. The maximum absolute atomic E-state index is 13.4. The smallest absolute Gasteiger partial charge is 0.222 e. The Morgan fingerprint density at radius 2 is 2.31 bits per heavy atom. The van der Waals surface area contributed by atoms with Crippen LogP contribution in [0.25, 0.3) is 0 Å². The monoisotopic (exact) mass is 228 g/mol. The third-order valence-electron chi connectivity index (χ3n) is 2.63. The van der Waals surface area contributed by atoms with E-state index in [1.165, 1.54) is 0 Å². The molecule has 16 heavy (non-hydrogen) atoms. The summed E-state index contributed by atoms with van der Waals surface area (Å²) in [4.78, 5) is 7.33. The Kier molecular flexibility index (Phi) is 4.00. The van der Waals surface area contributed by atoms with Gasteiger partial charge in [-0.15, -0.1) is 0 Å². The molecule has 0 saturated heterocycles. The topological polar surface area (TPSA) is 84.1 Å². The summed E-state index contributed by atoms with van der Waals surface area (Å²) in [5.41, 5.74) is 4.98. The van der Waals surface area contributed by atoms with Gasteiger partial charge in [0.05, 0.1) is 6.20 Å². The lowest BCUT2D eigenvalue weighted by atomic mass is 9.95. The Morgan fingerprint density at radius 3 is 2.88 bits per heavy atom. The number of nitrogens with zero attached hydrogens (tertiary/aromatic N) is 2. The van der Waals surface area contributed by atoms with Crippen molar-refractivity contribution in [3.05, 3.63) is 12.0 Å². The predicted octanol–water partition coefficient (Wildman–Crippen LogP) is 1.16. The molecule has 0 aromatic carbocycles. The number of aromatic nitrogens is 2. The number of aliphatic hydroxyl groups is 1. The summed E-state index contributed by atoms with van der Waals surface area (Å²) in [6.45, 7) is 3.87. The molecule has 1 aromatic rings. The van der Waals surface area contributed by atoms with Crippen LogP contribution in [0.3, 0.4) is 0 Å². The van der Waals surface area contributed by atoms with Crippen LogP contribution in [0.1, 0.15) is 26.7 Å². The number of hydrogen-bond donors (Lipinski definition) is 3. The predicted molar refractivity (Wildman–Crippen MR) is 60.4 cm³/mol. The van der Waals surface area contributed by atoms with Gasteiger partial charge in [-0.2, -0.15) is 4.98 Å². The Balaban J connectivity index is 2.89. The van der Waals surface area contributed by atoms with Crippen LogP contribution in [0.5, 0.6) is 0 Å². The largest absolute Gasteiger partial charge is 0.396 e. The maximum atomic E-state index is 13.4. The molecule has 0 radical (unpaired) electrons. The van der Waals surface area contributed by atoms with E-state index in [1.54, 1.807) is 0 Å². The number of rotatable bonds is 5. The summed E-state index contributed by atoms with van der Waals surface area (Å²) in [7, 11) is 0. The van der Waals surface area contributed by atoms with E-state index < -0.39 is 11.4 Å². The van der Waals surface area contributed by atoms with Crippen LogP contribution in [0.15, 0.2) is 6.20 Å². The number of halogens is 1.